The van der Waals surface area contributed by atoms with Crippen LogP contribution < -0.4 is 25.4 Å². The zero-order valence-corrected chi connectivity index (χ0v) is 29.2. The van der Waals surface area contributed by atoms with Crippen LogP contribution in [0.1, 0.15) is 52.0 Å². The highest BCUT2D eigenvalue weighted by Crippen LogP contribution is 2.33. The summed E-state index contributed by atoms with van der Waals surface area (Å²) in [5.74, 6) is 0.551. The van der Waals surface area contributed by atoms with E-state index in [0.717, 1.165) is 55.7 Å². The predicted octanol–water partition coefficient (Wildman–Crippen LogP) is 6.97. The predicted molar refractivity (Wildman–Crippen MR) is 199 cm³/mol. The number of hydrogen-bond acceptors (Lipinski definition) is 7. The highest BCUT2D eigenvalue weighted by molar-refractivity contribution is 6.10. The molecule has 49 heavy (non-hydrogen) atoms. The lowest BCUT2D eigenvalue weighted by Gasteiger charge is -2.32. The average Bonchev–Trinajstić information content (AvgIpc) is 3.12. The summed E-state index contributed by atoms with van der Waals surface area (Å²) in [6.45, 7) is 8.41. The van der Waals surface area contributed by atoms with Crippen molar-refractivity contribution in [3.8, 4) is 22.6 Å². The number of nitrogens with one attached hydrogen (secondary N) is 1. The quantitative estimate of drug-likeness (QED) is 0.111. The van der Waals surface area contributed by atoms with Crippen molar-refractivity contribution < 1.29 is 19.1 Å². The molecule has 0 unspecified atom stereocenters. The number of benzene rings is 4. The number of carbonyl (C=O) groups is 2. The first kappa shape index (κ1) is 35.4. The summed E-state index contributed by atoms with van der Waals surface area (Å²) in [6.07, 6.45) is 4.46. The maximum Gasteiger partial charge on any atom is 0.258 e. The molecule has 0 radical (unpaired) electrons. The number of nitrogens with two attached hydrogens (primary N) is 1. The van der Waals surface area contributed by atoms with Crippen LogP contribution in [0.4, 0.5) is 17.1 Å². The van der Waals surface area contributed by atoms with Crippen molar-refractivity contribution in [2.75, 3.05) is 76.5 Å². The molecule has 1 fully saturated rings. The Labute approximate surface area is 290 Å². The van der Waals surface area contributed by atoms with E-state index in [0.29, 0.717) is 46.3 Å². The Hall–Kier alpha value is -4.86. The molecule has 5 rings (SSSR count). The topological polar surface area (TPSA) is 100 Å². The number of piperazine rings is 1. The van der Waals surface area contributed by atoms with E-state index in [-0.39, 0.29) is 11.8 Å². The van der Waals surface area contributed by atoms with E-state index in [4.69, 9.17) is 15.2 Å². The number of likely N-dealkylation sites (N-methyl/N-ethyl adjacent to an activating group) is 1. The molecule has 1 aliphatic heterocycles. The van der Waals surface area contributed by atoms with Gasteiger partial charge in [0.25, 0.3) is 11.8 Å². The Morgan fingerprint density at radius 3 is 2.35 bits per heavy atom. The standard InChI is InChI=1S/C40H49N5O4/c1-29-13-20-36(38(27-29)49-26-10-6-5-9-21-45-24-22-43(2)23-25-45)44(3)40(47)31-16-19-35(37(28-31)48-4)42-39(46)34-12-8-7-11-33(34)30-14-17-32(41)18-15-30/h7-8,11-20,27-28H,5-6,9-10,21-26,41H2,1-4H3,(H,42,46). The van der Waals surface area contributed by atoms with E-state index in [9.17, 15) is 9.59 Å². The highest BCUT2D eigenvalue weighted by Gasteiger charge is 2.21. The third-order valence-electron chi connectivity index (χ3n) is 9.09. The Bertz CT molecular complexity index is 1720. The molecule has 9 heteroatoms. The molecule has 0 atom stereocenters. The van der Waals surface area contributed by atoms with Gasteiger partial charge < -0.3 is 35.2 Å². The summed E-state index contributed by atoms with van der Waals surface area (Å²) in [7, 11) is 5.45. The number of unbranched alkanes of at least 4 members (excludes halogenated alkanes) is 3. The average molecular weight is 664 g/mol. The van der Waals surface area contributed by atoms with Crippen LogP contribution in [0, 0.1) is 6.92 Å². The molecule has 258 valence electrons. The molecule has 0 aromatic heterocycles. The van der Waals surface area contributed by atoms with Gasteiger partial charge in [0.2, 0.25) is 0 Å². The molecule has 0 aliphatic carbocycles. The van der Waals surface area contributed by atoms with Crippen molar-refractivity contribution in [2.45, 2.75) is 32.6 Å². The molecular weight excluding hydrogens is 614 g/mol. The number of anilines is 3. The Morgan fingerprint density at radius 1 is 0.857 bits per heavy atom. The molecule has 0 spiro atoms. The molecular formula is C40H49N5O4. The number of rotatable bonds is 14. The van der Waals surface area contributed by atoms with Gasteiger partial charge in [0, 0.05) is 50.0 Å². The second kappa shape index (κ2) is 17.0. The molecule has 0 saturated carbocycles. The minimum atomic E-state index is -0.293. The zero-order valence-electron chi connectivity index (χ0n) is 29.2. The Kier molecular flexibility index (Phi) is 12.3. The van der Waals surface area contributed by atoms with E-state index >= 15 is 0 Å². The minimum Gasteiger partial charge on any atom is -0.495 e. The molecule has 1 heterocycles. The van der Waals surface area contributed by atoms with Crippen LogP contribution in [0.15, 0.2) is 84.9 Å². The van der Waals surface area contributed by atoms with Gasteiger partial charge in [-0.25, -0.2) is 0 Å². The van der Waals surface area contributed by atoms with Crippen molar-refractivity contribution in [2.24, 2.45) is 0 Å². The second-order valence-corrected chi connectivity index (χ2v) is 12.8. The first-order valence-electron chi connectivity index (χ1n) is 17.1. The highest BCUT2D eigenvalue weighted by atomic mass is 16.5. The number of aryl methyl sites for hydroxylation is 1. The Balaban J connectivity index is 1.20. The monoisotopic (exact) mass is 663 g/mol. The summed E-state index contributed by atoms with van der Waals surface area (Å²) >= 11 is 0. The van der Waals surface area contributed by atoms with Crippen molar-refractivity contribution in [1.29, 1.82) is 0 Å². The van der Waals surface area contributed by atoms with Gasteiger partial charge in [0.05, 0.1) is 25.1 Å². The van der Waals surface area contributed by atoms with Crippen LogP contribution in [0.25, 0.3) is 11.1 Å². The van der Waals surface area contributed by atoms with Crippen molar-refractivity contribution in [1.82, 2.24) is 9.80 Å². The third-order valence-corrected chi connectivity index (χ3v) is 9.09. The molecule has 2 amide bonds. The number of methoxy groups -OCH3 is 1. The van der Waals surface area contributed by atoms with Crippen LogP contribution in [-0.2, 0) is 0 Å². The first-order valence-corrected chi connectivity index (χ1v) is 17.1. The fraction of sp³-hybridized carbons (Fsp3) is 0.350. The van der Waals surface area contributed by atoms with E-state index in [1.54, 1.807) is 36.2 Å². The molecule has 1 aliphatic rings. The molecule has 1 saturated heterocycles. The SMILES string of the molecule is COc1cc(C(=O)N(C)c2ccc(C)cc2OCCCCCCN2CCN(C)CC2)ccc1NC(=O)c1ccccc1-c1ccc(N)cc1. The van der Waals surface area contributed by atoms with Crippen LogP contribution >= 0.6 is 0 Å². The van der Waals surface area contributed by atoms with Crippen LogP contribution in [0.5, 0.6) is 11.5 Å². The zero-order chi connectivity index (χ0) is 34.8. The maximum atomic E-state index is 13.7. The Morgan fingerprint density at radius 2 is 1.59 bits per heavy atom. The second-order valence-electron chi connectivity index (χ2n) is 12.8. The fourth-order valence-corrected chi connectivity index (χ4v) is 6.07. The van der Waals surface area contributed by atoms with Crippen molar-refractivity contribution in [3.05, 3.63) is 102 Å². The smallest absolute Gasteiger partial charge is 0.258 e. The normalized spacial score (nSPS) is 13.6. The number of amides is 2. The number of nitrogens with zero attached hydrogens (tertiary/aromatic N) is 3. The van der Waals surface area contributed by atoms with E-state index in [1.165, 1.54) is 26.5 Å². The summed E-state index contributed by atoms with van der Waals surface area (Å²) in [5.41, 5.74) is 11.3. The summed E-state index contributed by atoms with van der Waals surface area (Å²) < 4.78 is 11.9. The van der Waals surface area contributed by atoms with E-state index < -0.39 is 0 Å². The molecule has 9 nitrogen and oxygen atoms in total. The summed E-state index contributed by atoms with van der Waals surface area (Å²) in [5, 5.41) is 2.96. The van der Waals surface area contributed by atoms with Gasteiger partial charge in [-0.1, -0.05) is 49.2 Å². The number of nitrogen functional groups attached to an aromatic ring is 1. The third kappa shape index (κ3) is 9.40. The van der Waals surface area contributed by atoms with E-state index in [2.05, 4.69) is 22.2 Å². The maximum absolute atomic E-state index is 13.7. The number of hydrogen-bond donors (Lipinski definition) is 2. The van der Waals surface area contributed by atoms with Gasteiger partial charge in [0.15, 0.2) is 0 Å². The van der Waals surface area contributed by atoms with Gasteiger partial charge >= 0.3 is 0 Å². The summed E-state index contributed by atoms with van der Waals surface area (Å²) in [6, 6.07) is 25.7. The van der Waals surface area contributed by atoms with Gasteiger partial charge in [-0.15, -0.1) is 0 Å². The number of carbonyl (C=O) groups excluding carboxylic acids is 2. The van der Waals surface area contributed by atoms with Gasteiger partial charge in [-0.05, 0) is 98.6 Å². The lowest BCUT2D eigenvalue weighted by Crippen LogP contribution is -2.44. The van der Waals surface area contributed by atoms with Gasteiger partial charge in [0.1, 0.15) is 11.5 Å². The first-order chi connectivity index (χ1) is 23.7. The van der Waals surface area contributed by atoms with Crippen molar-refractivity contribution >= 4 is 28.9 Å². The van der Waals surface area contributed by atoms with Crippen LogP contribution in [0.2, 0.25) is 0 Å². The molecule has 0 bridgehead atoms. The summed E-state index contributed by atoms with van der Waals surface area (Å²) in [4.78, 5) is 33.8. The van der Waals surface area contributed by atoms with Crippen LogP contribution in [0.3, 0.4) is 0 Å². The molecule has 4 aromatic rings. The van der Waals surface area contributed by atoms with Crippen LogP contribution in [-0.4, -0.2) is 82.1 Å². The van der Waals surface area contributed by atoms with Gasteiger partial charge in [-0.3, -0.25) is 9.59 Å². The number of ether oxygens (including phenoxy) is 2. The molecule has 3 N–H and O–H groups in total. The fourth-order valence-electron chi connectivity index (χ4n) is 6.07. The van der Waals surface area contributed by atoms with Crippen molar-refractivity contribution in [3.63, 3.8) is 0 Å². The lowest BCUT2D eigenvalue weighted by atomic mass is 9.99. The van der Waals surface area contributed by atoms with Gasteiger partial charge in [-0.2, -0.15) is 0 Å². The largest absolute Gasteiger partial charge is 0.495 e. The lowest BCUT2D eigenvalue weighted by molar-refractivity contribution is 0.0990. The minimum absolute atomic E-state index is 0.220. The van der Waals surface area contributed by atoms with E-state index in [1.807, 2.05) is 67.6 Å². The molecule has 4 aromatic carbocycles.